The Hall–Kier alpha value is -0.500. The van der Waals surface area contributed by atoms with Gasteiger partial charge in [-0.25, -0.2) is 0 Å². The summed E-state index contributed by atoms with van der Waals surface area (Å²) in [5.41, 5.74) is 0. The van der Waals surface area contributed by atoms with Gasteiger partial charge in [0.15, 0.2) is 0 Å². The molecule has 1 heterocycles. The number of nitrogens with zero attached hydrogens (tertiary/aromatic N) is 1. The van der Waals surface area contributed by atoms with Crippen LogP contribution in [-0.4, -0.2) is 31.6 Å². The summed E-state index contributed by atoms with van der Waals surface area (Å²) in [6.45, 7) is 3.30. The van der Waals surface area contributed by atoms with E-state index in [1.165, 1.54) is 0 Å². The largest absolute Gasteiger partial charge is 0.390 e. The SMILES string of the molecule is CN1CC=CNCC1. The van der Waals surface area contributed by atoms with Crippen LogP contribution in [0.3, 0.4) is 0 Å². The van der Waals surface area contributed by atoms with Crippen LogP contribution in [0.15, 0.2) is 12.3 Å². The Kier molecular flexibility index (Phi) is 1.92. The zero-order valence-electron chi connectivity index (χ0n) is 5.22. The molecule has 0 saturated heterocycles. The van der Waals surface area contributed by atoms with Crippen molar-refractivity contribution in [3.05, 3.63) is 12.3 Å². The third-order valence-corrected chi connectivity index (χ3v) is 1.29. The average molecular weight is 112 g/mol. The fourth-order valence-corrected chi connectivity index (χ4v) is 0.746. The lowest BCUT2D eigenvalue weighted by molar-refractivity contribution is 0.381. The van der Waals surface area contributed by atoms with Gasteiger partial charge >= 0.3 is 0 Å². The van der Waals surface area contributed by atoms with Gasteiger partial charge in [0.05, 0.1) is 0 Å². The van der Waals surface area contributed by atoms with Crippen LogP contribution in [0.4, 0.5) is 0 Å². The molecule has 1 N–H and O–H groups in total. The fourth-order valence-electron chi connectivity index (χ4n) is 0.746. The van der Waals surface area contributed by atoms with E-state index in [2.05, 4.69) is 23.3 Å². The second kappa shape index (κ2) is 2.72. The van der Waals surface area contributed by atoms with Gasteiger partial charge in [-0.3, -0.25) is 0 Å². The molecule has 8 heavy (non-hydrogen) atoms. The highest BCUT2D eigenvalue weighted by Gasteiger charge is 1.95. The molecule has 2 heteroatoms. The lowest BCUT2D eigenvalue weighted by Crippen LogP contribution is -2.23. The van der Waals surface area contributed by atoms with Gasteiger partial charge in [-0.05, 0) is 13.2 Å². The minimum absolute atomic E-state index is 1.08. The minimum Gasteiger partial charge on any atom is -0.390 e. The number of hydrogen-bond donors (Lipinski definition) is 1. The van der Waals surface area contributed by atoms with E-state index in [9.17, 15) is 0 Å². The van der Waals surface area contributed by atoms with Gasteiger partial charge < -0.3 is 10.2 Å². The van der Waals surface area contributed by atoms with Crippen LogP contribution in [0.5, 0.6) is 0 Å². The molecule has 0 aromatic heterocycles. The van der Waals surface area contributed by atoms with E-state index in [0.29, 0.717) is 0 Å². The Labute approximate surface area is 50.2 Å². The van der Waals surface area contributed by atoms with Crippen LogP contribution < -0.4 is 5.32 Å². The van der Waals surface area contributed by atoms with Gasteiger partial charge in [-0.1, -0.05) is 6.08 Å². The van der Waals surface area contributed by atoms with Crippen molar-refractivity contribution in [2.75, 3.05) is 26.7 Å². The van der Waals surface area contributed by atoms with E-state index in [-0.39, 0.29) is 0 Å². The van der Waals surface area contributed by atoms with Crippen molar-refractivity contribution in [2.45, 2.75) is 0 Å². The quantitative estimate of drug-likeness (QED) is 0.476. The average Bonchev–Trinajstić information content (AvgIpc) is 1.94. The van der Waals surface area contributed by atoms with Gasteiger partial charge in [-0.15, -0.1) is 0 Å². The Morgan fingerprint density at radius 2 is 2.50 bits per heavy atom. The van der Waals surface area contributed by atoms with E-state index in [0.717, 1.165) is 19.6 Å². The van der Waals surface area contributed by atoms with Crippen molar-refractivity contribution >= 4 is 0 Å². The second-order valence-corrected chi connectivity index (χ2v) is 2.12. The smallest absolute Gasteiger partial charge is 0.0269 e. The summed E-state index contributed by atoms with van der Waals surface area (Å²) in [6.07, 6.45) is 4.15. The highest BCUT2D eigenvalue weighted by Crippen LogP contribution is 1.84. The summed E-state index contributed by atoms with van der Waals surface area (Å²) < 4.78 is 0. The molecule has 0 spiro atoms. The first-order valence-corrected chi connectivity index (χ1v) is 2.96. The minimum atomic E-state index is 1.08. The van der Waals surface area contributed by atoms with Crippen LogP contribution in [0, 0.1) is 0 Å². The lowest BCUT2D eigenvalue weighted by Gasteiger charge is -2.09. The summed E-state index contributed by atoms with van der Waals surface area (Å²) in [5, 5.41) is 3.16. The molecule has 0 saturated carbocycles. The van der Waals surface area contributed by atoms with Gasteiger partial charge in [-0.2, -0.15) is 0 Å². The number of rotatable bonds is 0. The van der Waals surface area contributed by atoms with Crippen LogP contribution in [-0.2, 0) is 0 Å². The van der Waals surface area contributed by atoms with Crippen LogP contribution in [0.25, 0.3) is 0 Å². The number of nitrogens with one attached hydrogen (secondary N) is 1. The second-order valence-electron chi connectivity index (χ2n) is 2.12. The van der Waals surface area contributed by atoms with Crippen LogP contribution in [0.2, 0.25) is 0 Å². The molecular weight excluding hydrogens is 100 g/mol. The molecule has 0 aliphatic carbocycles. The van der Waals surface area contributed by atoms with Crippen molar-refractivity contribution in [3.8, 4) is 0 Å². The van der Waals surface area contributed by atoms with Gasteiger partial charge in [0, 0.05) is 19.6 Å². The Balaban J connectivity index is 2.30. The third-order valence-electron chi connectivity index (χ3n) is 1.29. The molecule has 1 aliphatic rings. The Morgan fingerprint density at radius 1 is 1.62 bits per heavy atom. The fraction of sp³-hybridized carbons (Fsp3) is 0.667. The molecule has 1 aliphatic heterocycles. The maximum Gasteiger partial charge on any atom is 0.0269 e. The van der Waals surface area contributed by atoms with E-state index >= 15 is 0 Å². The molecule has 0 aromatic carbocycles. The third kappa shape index (κ3) is 1.54. The molecule has 0 bridgehead atoms. The standard InChI is InChI=1S/C6H12N2/c1-8-5-2-3-7-4-6-8/h2-3,7H,4-6H2,1H3. The molecule has 2 nitrogen and oxygen atoms in total. The number of hydrogen-bond acceptors (Lipinski definition) is 2. The Bertz CT molecular complexity index is 88.5. The zero-order chi connectivity index (χ0) is 5.82. The molecule has 0 amide bonds. The first-order valence-electron chi connectivity index (χ1n) is 2.96. The van der Waals surface area contributed by atoms with Crippen molar-refractivity contribution in [1.82, 2.24) is 10.2 Å². The van der Waals surface area contributed by atoms with E-state index in [1.807, 2.05) is 6.20 Å². The van der Waals surface area contributed by atoms with Gasteiger partial charge in [0.25, 0.3) is 0 Å². The van der Waals surface area contributed by atoms with Crippen LogP contribution in [0.1, 0.15) is 0 Å². The predicted octanol–water partition coefficient (Wildman–Crippen LogP) is 0.0351. The molecule has 1 rings (SSSR count). The summed E-state index contributed by atoms with van der Waals surface area (Å²) in [6, 6.07) is 0. The van der Waals surface area contributed by atoms with Crippen molar-refractivity contribution in [3.63, 3.8) is 0 Å². The highest BCUT2D eigenvalue weighted by atomic mass is 15.1. The van der Waals surface area contributed by atoms with E-state index in [1.54, 1.807) is 0 Å². The summed E-state index contributed by atoms with van der Waals surface area (Å²) in [5.74, 6) is 0. The first-order chi connectivity index (χ1) is 3.89. The van der Waals surface area contributed by atoms with Crippen molar-refractivity contribution in [2.24, 2.45) is 0 Å². The molecular formula is C6H12N2. The maximum atomic E-state index is 3.16. The number of likely N-dealkylation sites (N-methyl/N-ethyl adjacent to an activating group) is 1. The van der Waals surface area contributed by atoms with E-state index in [4.69, 9.17) is 0 Å². The first kappa shape index (κ1) is 5.63. The zero-order valence-corrected chi connectivity index (χ0v) is 5.22. The normalized spacial score (nSPS) is 22.1. The summed E-state index contributed by atoms with van der Waals surface area (Å²) in [4.78, 5) is 2.27. The predicted molar refractivity (Wildman–Crippen MR) is 34.6 cm³/mol. The van der Waals surface area contributed by atoms with Crippen molar-refractivity contribution in [1.29, 1.82) is 0 Å². The monoisotopic (exact) mass is 112 g/mol. The van der Waals surface area contributed by atoms with Gasteiger partial charge in [0.2, 0.25) is 0 Å². The van der Waals surface area contributed by atoms with Crippen LogP contribution >= 0.6 is 0 Å². The molecule has 0 radical (unpaired) electrons. The lowest BCUT2D eigenvalue weighted by atomic mass is 10.5. The molecule has 0 atom stereocenters. The summed E-state index contributed by atoms with van der Waals surface area (Å²) >= 11 is 0. The molecule has 46 valence electrons. The molecule has 0 fully saturated rings. The van der Waals surface area contributed by atoms with Gasteiger partial charge in [0.1, 0.15) is 0 Å². The van der Waals surface area contributed by atoms with Crippen molar-refractivity contribution < 1.29 is 0 Å². The molecule has 0 unspecified atom stereocenters. The molecule has 0 aromatic rings. The maximum absolute atomic E-state index is 3.16. The summed E-state index contributed by atoms with van der Waals surface area (Å²) in [7, 11) is 2.12. The Morgan fingerprint density at radius 3 is 3.38 bits per heavy atom. The highest BCUT2D eigenvalue weighted by molar-refractivity contribution is 4.85. The topological polar surface area (TPSA) is 15.3 Å². The van der Waals surface area contributed by atoms with E-state index < -0.39 is 0 Å².